The van der Waals surface area contributed by atoms with Gasteiger partial charge in [-0.05, 0) is 80.3 Å². The largest absolute Gasteiger partial charge is 0.466 e. The highest BCUT2D eigenvalue weighted by atomic mass is 19.1. The maximum atomic E-state index is 15.7. The van der Waals surface area contributed by atoms with Gasteiger partial charge in [0, 0.05) is 48.6 Å². The van der Waals surface area contributed by atoms with Crippen LogP contribution in [0.15, 0.2) is 54.6 Å². The topological polar surface area (TPSA) is 80.0 Å². The summed E-state index contributed by atoms with van der Waals surface area (Å²) in [6, 6.07) is 17.2. The number of amides is 1. The molecule has 4 aromatic rings. The first-order valence-corrected chi connectivity index (χ1v) is 15.7. The number of halogens is 1. The maximum absolute atomic E-state index is 15.7. The molecule has 2 aromatic carbocycles. The maximum Gasteiger partial charge on any atom is 0.306 e. The van der Waals surface area contributed by atoms with Gasteiger partial charge in [-0.2, -0.15) is 5.10 Å². The van der Waals surface area contributed by atoms with E-state index in [1.807, 2.05) is 36.1 Å². The predicted octanol–water partition coefficient (Wildman–Crippen LogP) is 6.34. The van der Waals surface area contributed by atoms with E-state index < -0.39 is 0 Å². The van der Waals surface area contributed by atoms with Crippen molar-refractivity contribution in [1.29, 1.82) is 0 Å². The van der Waals surface area contributed by atoms with Crippen molar-refractivity contribution in [2.75, 3.05) is 31.1 Å². The summed E-state index contributed by atoms with van der Waals surface area (Å²) in [5, 5.41) is 4.79. The quantitative estimate of drug-likeness (QED) is 0.232. The molecular weight excluding hydrogens is 557 g/mol. The molecule has 228 valence electrons. The average molecular weight is 596 g/mol. The molecule has 1 saturated heterocycles. The molecule has 2 aromatic heterocycles. The Balaban J connectivity index is 1.15. The number of anilines is 1. The number of carbonyl (C=O) groups excluding carboxylic acids is 2. The molecule has 4 heterocycles. The molecule has 0 spiro atoms. The first-order valence-electron chi connectivity index (χ1n) is 15.7. The molecule has 2 fully saturated rings. The highest BCUT2D eigenvalue weighted by molar-refractivity contribution is 5.93. The zero-order chi connectivity index (χ0) is 30.6. The van der Waals surface area contributed by atoms with E-state index in [2.05, 4.69) is 30.9 Å². The van der Waals surface area contributed by atoms with Crippen LogP contribution in [0.25, 0.3) is 16.9 Å². The predicted molar refractivity (Wildman–Crippen MR) is 166 cm³/mol. The van der Waals surface area contributed by atoms with Crippen LogP contribution >= 0.6 is 0 Å². The van der Waals surface area contributed by atoms with Crippen LogP contribution in [0.4, 0.5) is 10.1 Å². The molecule has 8 nitrogen and oxygen atoms in total. The van der Waals surface area contributed by atoms with Crippen molar-refractivity contribution < 1.29 is 18.7 Å². The van der Waals surface area contributed by atoms with Crippen molar-refractivity contribution in [1.82, 2.24) is 19.5 Å². The lowest BCUT2D eigenvalue weighted by Gasteiger charge is -2.35. The Morgan fingerprint density at radius 3 is 2.68 bits per heavy atom. The molecule has 1 amide bonds. The van der Waals surface area contributed by atoms with E-state index in [-0.39, 0.29) is 29.2 Å². The lowest BCUT2D eigenvalue weighted by molar-refractivity contribution is -0.145. The second-order valence-corrected chi connectivity index (χ2v) is 12.9. The van der Waals surface area contributed by atoms with Gasteiger partial charge in [-0.25, -0.2) is 13.9 Å². The summed E-state index contributed by atoms with van der Waals surface area (Å²) >= 11 is 0. The second-order valence-electron chi connectivity index (χ2n) is 12.9. The van der Waals surface area contributed by atoms with Crippen molar-refractivity contribution in [2.24, 2.45) is 5.41 Å². The van der Waals surface area contributed by atoms with E-state index in [1.165, 1.54) is 11.1 Å². The number of rotatable bonds is 7. The number of carbonyl (C=O) groups is 2. The molecule has 3 aliphatic rings. The smallest absolute Gasteiger partial charge is 0.306 e. The first-order chi connectivity index (χ1) is 21.2. The summed E-state index contributed by atoms with van der Waals surface area (Å²) < 4.78 is 22.6. The number of aromatic nitrogens is 3. The van der Waals surface area contributed by atoms with Crippen molar-refractivity contribution in [3.8, 4) is 11.3 Å². The molecule has 2 aliphatic heterocycles. The van der Waals surface area contributed by atoms with Crippen LogP contribution in [-0.2, 0) is 16.0 Å². The van der Waals surface area contributed by atoms with Gasteiger partial charge in [0.2, 0.25) is 0 Å². The Labute approximate surface area is 256 Å². The fourth-order valence-corrected chi connectivity index (χ4v) is 6.96. The lowest BCUT2D eigenvalue weighted by Crippen LogP contribution is -2.39. The Bertz CT molecular complexity index is 1760. The van der Waals surface area contributed by atoms with E-state index in [1.54, 1.807) is 22.7 Å². The summed E-state index contributed by atoms with van der Waals surface area (Å²) in [6.45, 7) is 8.38. The summed E-state index contributed by atoms with van der Waals surface area (Å²) in [7, 11) is 0. The molecule has 1 aliphatic carbocycles. The Morgan fingerprint density at radius 2 is 1.91 bits per heavy atom. The van der Waals surface area contributed by atoms with Crippen LogP contribution in [0, 0.1) is 11.2 Å². The SMILES string of the molecule is CCOC(=O)CC1(C)CCN(c2ccc(-c3cc4nc(C(=O)N5CCc6ccccc6[C@H]5C)cc(C5CC5)n4n3)c(F)c2)C1. The van der Waals surface area contributed by atoms with Gasteiger partial charge in [-0.1, -0.05) is 31.2 Å². The van der Waals surface area contributed by atoms with Gasteiger partial charge >= 0.3 is 5.97 Å². The van der Waals surface area contributed by atoms with Crippen molar-refractivity contribution in [3.05, 3.63) is 82.9 Å². The van der Waals surface area contributed by atoms with Crippen LogP contribution in [0.1, 0.15) is 85.7 Å². The van der Waals surface area contributed by atoms with Gasteiger partial charge < -0.3 is 14.5 Å². The Morgan fingerprint density at radius 1 is 1.09 bits per heavy atom. The summed E-state index contributed by atoms with van der Waals surface area (Å²) in [4.78, 5) is 34.7. The van der Waals surface area contributed by atoms with Gasteiger partial charge in [0.1, 0.15) is 11.5 Å². The van der Waals surface area contributed by atoms with E-state index in [9.17, 15) is 9.59 Å². The fourth-order valence-electron chi connectivity index (χ4n) is 6.96. The number of nitrogens with zero attached hydrogens (tertiary/aromatic N) is 5. The minimum Gasteiger partial charge on any atom is -0.466 e. The molecule has 0 radical (unpaired) electrons. The van der Waals surface area contributed by atoms with Gasteiger partial charge in [0.15, 0.2) is 5.65 Å². The highest BCUT2D eigenvalue weighted by Gasteiger charge is 2.37. The van der Waals surface area contributed by atoms with Crippen LogP contribution in [-0.4, -0.2) is 57.6 Å². The van der Waals surface area contributed by atoms with Crippen molar-refractivity contribution >= 4 is 23.2 Å². The number of fused-ring (bicyclic) bond motifs is 2. The van der Waals surface area contributed by atoms with Gasteiger partial charge in [-0.3, -0.25) is 9.59 Å². The second kappa shape index (κ2) is 11.0. The molecule has 44 heavy (non-hydrogen) atoms. The molecule has 0 N–H and O–H groups in total. The summed E-state index contributed by atoms with van der Waals surface area (Å²) in [5.74, 6) is -0.333. The first kappa shape index (κ1) is 28.5. The third kappa shape index (κ3) is 5.22. The van der Waals surface area contributed by atoms with E-state index in [0.717, 1.165) is 43.6 Å². The third-order valence-electron chi connectivity index (χ3n) is 9.55. The van der Waals surface area contributed by atoms with Crippen LogP contribution in [0.5, 0.6) is 0 Å². The van der Waals surface area contributed by atoms with Crippen LogP contribution < -0.4 is 4.90 Å². The van der Waals surface area contributed by atoms with Gasteiger partial charge in [0.05, 0.1) is 24.8 Å². The van der Waals surface area contributed by atoms with Gasteiger partial charge in [-0.15, -0.1) is 0 Å². The number of benzene rings is 2. The fraction of sp³-hybridized carbons (Fsp3) is 0.429. The Hall–Kier alpha value is -4.27. The highest BCUT2D eigenvalue weighted by Crippen LogP contribution is 2.41. The molecule has 0 bridgehead atoms. The molecule has 1 unspecified atom stereocenters. The molecule has 1 saturated carbocycles. The van der Waals surface area contributed by atoms with E-state index in [0.29, 0.717) is 54.6 Å². The molecular formula is C35H38FN5O3. The lowest BCUT2D eigenvalue weighted by atomic mass is 9.86. The summed E-state index contributed by atoms with van der Waals surface area (Å²) in [6.07, 6.45) is 4.07. The number of esters is 1. The zero-order valence-electron chi connectivity index (χ0n) is 25.6. The van der Waals surface area contributed by atoms with Crippen LogP contribution in [0.3, 0.4) is 0 Å². The van der Waals surface area contributed by atoms with Crippen molar-refractivity contribution in [3.63, 3.8) is 0 Å². The van der Waals surface area contributed by atoms with Crippen molar-refractivity contribution in [2.45, 2.75) is 64.8 Å². The Kier molecular flexibility index (Phi) is 7.14. The molecule has 2 atom stereocenters. The monoisotopic (exact) mass is 595 g/mol. The number of hydrogen-bond acceptors (Lipinski definition) is 6. The third-order valence-corrected chi connectivity index (χ3v) is 9.55. The van der Waals surface area contributed by atoms with Crippen LogP contribution in [0.2, 0.25) is 0 Å². The van der Waals surface area contributed by atoms with E-state index >= 15 is 4.39 Å². The number of hydrogen-bond donors (Lipinski definition) is 0. The summed E-state index contributed by atoms with van der Waals surface area (Å²) in [5.41, 5.74) is 5.83. The molecule has 9 heteroatoms. The number of ether oxygens (including phenoxy) is 1. The zero-order valence-corrected chi connectivity index (χ0v) is 25.6. The normalized spacial score (nSPS) is 21.5. The average Bonchev–Trinajstić information content (AvgIpc) is 3.65. The van der Waals surface area contributed by atoms with E-state index in [4.69, 9.17) is 14.8 Å². The standard InChI is InChI=1S/C35H38FN5O3/c1-4-44-33(42)20-35(3)14-16-39(21-35)25-11-12-27(28(36)17-25)29-19-32-37-30(18-31(24-9-10-24)41(32)38-29)34(43)40-15-13-23-7-5-6-8-26(23)22(40)2/h5-8,11-12,17-19,22,24H,4,9-10,13-16,20-21H2,1-3H3/t22-,35?/m1/s1. The molecule has 7 rings (SSSR count). The minimum absolute atomic E-state index is 0.0402. The minimum atomic E-state index is -0.366. The van der Waals surface area contributed by atoms with Gasteiger partial charge in [0.25, 0.3) is 5.91 Å².